The van der Waals surface area contributed by atoms with Crippen LogP contribution in [0.5, 0.6) is 11.5 Å². The van der Waals surface area contributed by atoms with Crippen molar-refractivity contribution in [3.8, 4) is 11.5 Å². The summed E-state index contributed by atoms with van der Waals surface area (Å²) in [4.78, 5) is 19.0. The van der Waals surface area contributed by atoms with Crippen LogP contribution in [0, 0.1) is 5.92 Å². The number of likely N-dealkylation sites (tertiary alicyclic amines) is 1. The first-order valence-electron chi connectivity index (χ1n) is 13.3. The van der Waals surface area contributed by atoms with Crippen molar-refractivity contribution >= 4 is 16.8 Å². The van der Waals surface area contributed by atoms with Crippen LogP contribution < -0.4 is 5.32 Å². The molecular formula is C29H33N3O4. The number of carbonyl (C=O) groups excluding carboxylic acids is 1. The summed E-state index contributed by atoms with van der Waals surface area (Å²) in [7, 11) is 0. The van der Waals surface area contributed by atoms with Gasteiger partial charge in [-0.2, -0.15) is 0 Å². The van der Waals surface area contributed by atoms with Crippen molar-refractivity contribution in [1.82, 2.24) is 15.2 Å². The lowest BCUT2D eigenvalue weighted by Gasteiger charge is -2.64. The fraction of sp³-hybridized carbons (Fsp3) is 0.483. The monoisotopic (exact) mass is 487 g/mol. The van der Waals surface area contributed by atoms with E-state index in [1.807, 2.05) is 36.5 Å². The number of hydrogen-bond acceptors (Lipinski definition) is 5. The third-order valence-corrected chi connectivity index (χ3v) is 9.61. The van der Waals surface area contributed by atoms with E-state index in [0.29, 0.717) is 43.2 Å². The molecule has 7 rings (SSSR count). The van der Waals surface area contributed by atoms with Crippen LogP contribution in [0.1, 0.15) is 60.0 Å². The Morgan fingerprint density at radius 1 is 1.11 bits per heavy atom. The van der Waals surface area contributed by atoms with Crippen molar-refractivity contribution in [3.05, 3.63) is 59.3 Å². The molecule has 2 heterocycles. The number of aromatic amines is 1. The van der Waals surface area contributed by atoms with E-state index in [1.165, 1.54) is 12.8 Å². The summed E-state index contributed by atoms with van der Waals surface area (Å²) in [6.07, 6.45) is 7.48. The molecule has 3 fully saturated rings. The molecule has 4 aliphatic rings. The van der Waals surface area contributed by atoms with E-state index < -0.39 is 11.0 Å². The number of nitrogens with one attached hydrogen (secondary N) is 2. The first kappa shape index (κ1) is 22.2. The topological polar surface area (TPSA) is 109 Å². The number of aromatic hydroxyl groups is 2. The molecule has 4 unspecified atom stereocenters. The molecule has 1 aliphatic heterocycles. The maximum Gasteiger partial charge on any atom is 0.253 e. The number of amides is 1. The number of aromatic nitrogens is 1. The molecule has 1 saturated heterocycles. The fourth-order valence-electron chi connectivity index (χ4n) is 7.72. The van der Waals surface area contributed by atoms with Crippen LogP contribution in [-0.2, 0) is 11.8 Å². The standard InChI is InChI=1S/C29H33N3O4/c33-22-7-6-19-14-23-29(36)10-8-20(31-27(35)21-3-1-2-18-9-12-30-25(18)21)15-28(29,24(19)26(22)34)11-13-32(23)16-17-4-5-17/h1-3,6-7,9,12,17,20,23,30,33-34,36H,4-5,8,10-11,13-16H2,(H,31,35). The number of piperidine rings is 1. The van der Waals surface area contributed by atoms with E-state index >= 15 is 0 Å². The molecule has 3 aliphatic carbocycles. The van der Waals surface area contributed by atoms with Crippen molar-refractivity contribution in [3.63, 3.8) is 0 Å². The zero-order chi connectivity index (χ0) is 24.7. The van der Waals surface area contributed by atoms with Gasteiger partial charge in [0.1, 0.15) is 0 Å². The van der Waals surface area contributed by atoms with Gasteiger partial charge < -0.3 is 25.6 Å². The number of benzene rings is 2. The second kappa shape index (κ2) is 7.73. The predicted octanol–water partition coefficient (Wildman–Crippen LogP) is 3.57. The molecular weight excluding hydrogens is 454 g/mol. The molecule has 2 aromatic carbocycles. The van der Waals surface area contributed by atoms with Gasteiger partial charge >= 0.3 is 0 Å². The summed E-state index contributed by atoms with van der Waals surface area (Å²) in [6.45, 7) is 1.86. The molecule has 3 aromatic rings. The Bertz CT molecular complexity index is 1360. The van der Waals surface area contributed by atoms with E-state index in [1.54, 1.807) is 6.07 Å². The third kappa shape index (κ3) is 3.08. The lowest BCUT2D eigenvalue weighted by atomic mass is 9.48. The summed E-state index contributed by atoms with van der Waals surface area (Å²) < 4.78 is 0. The minimum Gasteiger partial charge on any atom is -0.504 e. The molecule has 36 heavy (non-hydrogen) atoms. The molecule has 1 amide bonds. The van der Waals surface area contributed by atoms with Crippen molar-refractivity contribution in [1.29, 1.82) is 0 Å². The number of phenolic OH excluding ortho intramolecular Hbond substituents is 2. The first-order chi connectivity index (χ1) is 17.4. The number of para-hydroxylation sites is 1. The van der Waals surface area contributed by atoms with Gasteiger partial charge in [0.05, 0.1) is 16.7 Å². The Balaban J connectivity index is 1.26. The fourth-order valence-corrected chi connectivity index (χ4v) is 7.72. The average Bonchev–Trinajstić information content (AvgIpc) is 3.55. The maximum absolute atomic E-state index is 13.4. The summed E-state index contributed by atoms with van der Waals surface area (Å²) in [5.41, 5.74) is 1.39. The highest BCUT2D eigenvalue weighted by Gasteiger charge is 2.65. The Labute approximate surface area is 210 Å². The molecule has 7 nitrogen and oxygen atoms in total. The Kier molecular flexibility index (Phi) is 4.77. The van der Waals surface area contributed by atoms with Crippen LogP contribution in [0.25, 0.3) is 10.9 Å². The van der Waals surface area contributed by atoms with Gasteiger partial charge in [-0.25, -0.2) is 0 Å². The molecule has 0 radical (unpaired) electrons. The van der Waals surface area contributed by atoms with E-state index in [0.717, 1.165) is 35.5 Å². The number of hydrogen-bond donors (Lipinski definition) is 5. The van der Waals surface area contributed by atoms with E-state index in [9.17, 15) is 20.1 Å². The van der Waals surface area contributed by atoms with Crippen LogP contribution in [0.15, 0.2) is 42.6 Å². The predicted molar refractivity (Wildman–Crippen MR) is 136 cm³/mol. The quantitative estimate of drug-likeness (QED) is 0.362. The molecule has 4 atom stereocenters. The molecule has 1 aromatic heterocycles. The number of fused-ring (bicyclic) bond motifs is 2. The van der Waals surface area contributed by atoms with Gasteiger partial charge in [0, 0.05) is 41.2 Å². The summed E-state index contributed by atoms with van der Waals surface area (Å²) in [5.74, 6) is 0.341. The van der Waals surface area contributed by atoms with Gasteiger partial charge in [-0.05, 0) is 81.2 Å². The SMILES string of the molecule is O=C(NC1CCC2(O)C3Cc4ccc(O)c(O)c4C2(CCN3CC2CC2)C1)c1cccc2cc[nH]c12. The molecule has 0 spiro atoms. The van der Waals surface area contributed by atoms with Crippen LogP contribution in [-0.4, -0.2) is 61.9 Å². The highest BCUT2D eigenvalue weighted by molar-refractivity contribution is 6.05. The molecule has 5 N–H and O–H groups in total. The second-order valence-electron chi connectivity index (χ2n) is 11.5. The van der Waals surface area contributed by atoms with Gasteiger partial charge in [0.2, 0.25) is 0 Å². The minimum absolute atomic E-state index is 0.0207. The smallest absolute Gasteiger partial charge is 0.253 e. The van der Waals surface area contributed by atoms with Gasteiger partial charge in [-0.15, -0.1) is 0 Å². The molecule has 2 saturated carbocycles. The Morgan fingerprint density at radius 3 is 2.81 bits per heavy atom. The van der Waals surface area contributed by atoms with Gasteiger partial charge in [0.25, 0.3) is 5.91 Å². The van der Waals surface area contributed by atoms with Gasteiger partial charge in [0.15, 0.2) is 11.5 Å². The summed E-state index contributed by atoms with van der Waals surface area (Å²) in [5, 5.41) is 38.3. The maximum atomic E-state index is 13.4. The molecule has 188 valence electrons. The number of aliphatic hydroxyl groups is 1. The summed E-state index contributed by atoms with van der Waals surface area (Å²) >= 11 is 0. The number of carbonyl (C=O) groups is 1. The second-order valence-corrected chi connectivity index (χ2v) is 11.5. The van der Waals surface area contributed by atoms with E-state index in [-0.39, 0.29) is 29.5 Å². The van der Waals surface area contributed by atoms with Crippen molar-refractivity contribution < 1.29 is 20.1 Å². The van der Waals surface area contributed by atoms with E-state index in [2.05, 4.69) is 15.2 Å². The normalized spacial score (nSPS) is 31.6. The first-order valence-corrected chi connectivity index (χ1v) is 13.3. The highest BCUT2D eigenvalue weighted by atomic mass is 16.3. The Hall–Kier alpha value is -3.03. The van der Waals surface area contributed by atoms with Crippen molar-refractivity contribution in [2.24, 2.45) is 5.92 Å². The number of rotatable bonds is 4. The van der Waals surface area contributed by atoms with Crippen LogP contribution in [0.4, 0.5) is 0 Å². The lowest BCUT2D eigenvalue weighted by Crippen LogP contribution is -2.74. The zero-order valence-electron chi connectivity index (χ0n) is 20.3. The number of nitrogens with zero attached hydrogens (tertiary/aromatic N) is 1. The van der Waals surface area contributed by atoms with E-state index in [4.69, 9.17) is 0 Å². The number of H-pyrrole nitrogens is 1. The molecule has 7 heteroatoms. The largest absolute Gasteiger partial charge is 0.504 e. The highest BCUT2D eigenvalue weighted by Crippen LogP contribution is 2.61. The average molecular weight is 488 g/mol. The lowest BCUT2D eigenvalue weighted by molar-refractivity contribution is -0.170. The van der Waals surface area contributed by atoms with Crippen LogP contribution in [0.3, 0.4) is 0 Å². The van der Waals surface area contributed by atoms with Crippen LogP contribution >= 0.6 is 0 Å². The van der Waals surface area contributed by atoms with Crippen molar-refractivity contribution in [2.75, 3.05) is 13.1 Å². The van der Waals surface area contributed by atoms with Crippen LogP contribution in [0.2, 0.25) is 0 Å². The Morgan fingerprint density at radius 2 is 1.97 bits per heavy atom. The summed E-state index contributed by atoms with van der Waals surface area (Å²) in [6, 6.07) is 11.0. The zero-order valence-corrected chi connectivity index (χ0v) is 20.3. The van der Waals surface area contributed by atoms with Gasteiger partial charge in [-0.1, -0.05) is 18.2 Å². The third-order valence-electron chi connectivity index (χ3n) is 9.61. The minimum atomic E-state index is -1.01. The van der Waals surface area contributed by atoms with Crippen molar-refractivity contribution in [2.45, 2.75) is 68.0 Å². The van der Waals surface area contributed by atoms with Gasteiger partial charge in [-0.3, -0.25) is 9.69 Å². The molecule has 2 bridgehead atoms. The number of phenols is 2.